The first-order valence-electron chi connectivity index (χ1n) is 4.82. The van der Waals surface area contributed by atoms with E-state index in [4.69, 9.17) is 0 Å². The van der Waals surface area contributed by atoms with Gasteiger partial charge in [-0.15, -0.1) is 0 Å². The third-order valence-electron chi connectivity index (χ3n) is 2.67. The Bertz CT molecular complexity index is 363. The predicted octanol–water partition coefficient (Wildman–Crippen LogP) is 2.56. The van der Waals surface area contributed by atoms with Crippen LogP contribution in [0.2, 0.25) is 0 Å². The summed E-state index contributed by atoms with van der Waals surface area (Å²) >= 11 is 0. The second-order valence-corrected chi connectivity index (χ2v) is 3.95. The van der Waals surface area contributed by atoms with Gasteiger partial charge in [-0.25, -0.2) is 8.78 Å². The van der Waals surface area contributed by atoms with Crippen LogP contribution in [0.15, 0.2) is 12.1 Å². The molecule has 1 N–H and O–H groups in total. The highest BCUT2D eigenvalue weighted by atomic mass is 19.1. The highest BCUT2D eigenvalue weighted by Crippen LogP contribution is 2.28. The Morgan fingerprint density at radius 2 is 2.00 bits per heavy atom. The van der Waals surface area contributed by atoms with Crippen LogP contribution in [0, 0.1) is 11.6 Å². The summed E-state index contributed by atoms with van der Waals surface area (Å²) in [6, 6.07) is 2.63. The van der Waals surface area contributed by atoms with E-state index in [0.29, 0.717) is 12.0 Å². The molecular weight excluding hydrogens is 184 g/mol. The standard InChI is InChI=1S/C11H13F2N/c1-6-3-8-4-9(12)5-10(13)11(8)7(2)14-6/h4-7,14H,3H2,1-2H3. The van der Waals surface area contributed by atoms with Crippen LogP contribution in [0.3, 0.4) is 0 Å². The molecule has 2 atom stereocenters. The van der Waals surface area contributed by atoms with Crippen LogP contribution in [-0.4, -0.2) is 6.04 Å². The minimum atomic E-state index is -0.484. The van der Waals surface area contributed by atoms with Gasteiger partial charge in [0.15, 0.2) is 0 Å². The molecule has 0 bridgehead atoms. The molecule has 0 radical (unpaired) electrons. The lowest BCUT2D eigenvalue weighted by Crippen LogP contribution is -2.36. The van der Waals surface area contributed by atoms with Crippen LogP contribution in [0.4, 0.5) is 8.78 Å². The second-order valence-electron chi connectivity index (χ2n) is 3.95. The third kappa shape index (κ3) is 1.52. The topological polar surface area (TPSA) is 12.0 Å². The van der Waals surface area contributed by atoms with E-state index >= 15 is 0 Å². The molecular formula is C11H13F2N. The normalized spacial score (nSPS) is 26.0. The number of benzene rings is 1. The highest BCUT2D eigenvalue weighted by molar-refractivity contribution is 5.34. The Morgan fingerprint density at radius 1 is 1.29 bits per heavy atom. The molecule has 3 heteroatoms. The van der Waals surface area contributed by atoms with E-state index in [1.54, 1.807) is 0 Å². The van der Waals surface area contributed by atoms with Crippen LogP contribution in [0.5, 0.6) is 0 Å². The second kappa shape index (κ2) is 3.31. The number of nitrogens with one attached hydrogen (secondary N) is 1. The van der Waals surface area contributed by atoms with Crippen molar-refractivity contribution in [1.82, 2.24) is 5.32 Å². The molecule has 1 aromatic rings. The maximum absolute atomic E-state index is 13.4. The highest BCUT2D eigenvalue weighted by Gasteiger charge is 2.24. The molecule has 2 rings (SSSR count). The fourth-order valence-electron chi connectivity index (χ4n) is 2.19. The van der Waals surface area contributed by atoms with Crippen LogP contribution in [0.1, 0.15) is 31.0 Å². The number of hydrogen-bond donors (Lipinski definition) is 1. The van der Waals surface area contributed by atoms with Crippen molar-refractivity contribution in [2.45, 2.75) is 32.4 Å². The molecule has 0 aromatic heterocycles. The molecule has 1 aliphatic rings. The summed E-state index contributed by atoms with van der Waals surface area (Å²) in [6.07, 6.45) is 0.689. The predicted molar refractivity (Wildman–Crippen MR) is 51.1 cm³/mol. The van der Waals surface area contributed by atoms with E-state index in [2.05, 4.69) is 5.32 Å². The van der Waals surface area contributed by atoms with E-state index in [-0.39, 0.29) is 12.1 Å². The Kier molecular flexibility index (Phi) is 2.27. The Morgan fingerprint density at radius 3 is 2.71 bits per heavy atom. The van der Waals surface area contributed by atoms with E-state index in [1.807, 2.05) is 13.8 Å². The lowest BCUT2D eigenvalue weighted by atomic mass is 9.91. The average Bonchev–Trinajstić information content (AvgIpc) is 1.99. The number of halogens is 2. The first-order valence-corrected chi connectivity index (χ1v) is 4.82. The zero-order valence-electron chi connectivity index (χ0n) is 8.27. The molecule has 0 spiro atoms. The summed E-state index contributed by atoms with van der Waals surface area (Å²) in [5.74, 6) is -0.922. The lowest BCUT2D eigenvalue weighted by molar-refractivity contribution is 0.422. The summed E-state index contributed by atoms with van der Waals surface area (Å²) in [6.45, 7) is 3.91. The summed E-state index contributed by atoms with van der Waals surface area (Å²) in [5.41, 5.74) is 1.41. The molecule has 1 aromatic carbocycles. The summed E-state index contributed by atoms with van der Waals surface area (Å²) in [5, 5.41) is 3.23. The molecule has 0 saturated carbocycles. The SMILES string of the molecule is CC1Cc2cc(F)cc(F)c2C(C)N1. The molecule has 1 nitrogen and oxygen atoms in total. The maximum atomic E-state index is 13.4. The third-order valence-corrected chi connectivity index (χ3v) is 2.67. The van der Waals surface area contributed by atoms with Gasteiger partial charge in [-0.2, -0.15) is 0 Å². The zero-order valence-corrected chi connectivity index (χ0v) is 8.27. The molecule has 2 unspecified atom stereocenters. The number of rotatable bonds is 0. The fraction of sp³-hybridized carbons (Fsp3) is 0.455. The van der Waals surface area contributed by atoms with Gasteiger partial charge < -0.3 is 5.32 Å². The Balaban J connectivity index is 2.53. The van der Waals surface area contributed by atoms with Crippen molar-refractivity contribution in [3.05, 3.63) is 34.9 Å². The smallest absolute Gasteiger partial charge is 0.131 e. The maximum Gasteiger partial charge on any atom is 0.131 e. The lowest BCUT2D eigenvalue weighted by Gasteiger charge is -2.29. The van der Waals surface area contributed by atoms with Crippen molar-refractivity contribution >= 4 is 0 Å². The van der Waals surface area contributed by atoms with Gasteiger partial charge in [-0.3, -0.25) is 0 Å². The molecule has 76 valence electrons. The largest absolute Gasteiger partial charge is 0.307 e. The van der Waals surface area contributed by atoms with Crippen molar-refractivity contribution in [2.24, 2.45) is 0 Å². The van der Waals surface area contributed by atoms with Crippen molar-refractivity contribution in [3.8, 4) is 0 Å². The van der Waals surface area contributed by atoms with Gasteiger partial charge in [0.1, 0.15) is 11.6 Å². The van der Waals surface area contributed by atoms with Crippen molar-refractivity contribution in [3.63, 3.8) is 0 Å². The van der Waals surface area contributed by atoms with E-state index in [0.717, 1.165) is 11.6 Å². The van der Waals surface area contributed by atoms with Crippen LogP contribution < -0.4 is 5.32 Å². The van der Waals surface area contributed by atoms with Gasteiger partial charge in [0, 0.05) is 23.7 Å². The van der Waals surface area contributed by atoms with Crippen LogP contribution in [-0.2, 0) is 6.42 Å². The van der Waals surface area contributed by atoms with Crippen molar-refractivity contribution in [1.29, 1.82) is 0 Å². The van der Waals surface area contributed by atoms with Gasteiger partial charge in [-0.1, -0.05) is 0 Å². The van der Waals surface area contributed by atoms with E-state index < -0.39 is 11.6 Å². The first kappa shape index (κ1) is 9.59. The monoisotopic (exact) mass is 197 g/mol. The molecule has 0 saturated heterocycles. The quantitative estimate of drug-likeness (QED) is 0.674. The van der Waals surface area contributed by atoms with Crippen LogP contribution >= 0.6 is 0 Å². The van der Waals surface area contributed by atoms with Crippen LogP contribution in [0.25, 0.3) is 0 Å². The number of hydrogen-bond acceptors (Lipinski definition) is 1. The van der Waals surface area contributed by atoms with Gasteiger partial charge >= 0.3 is 0 Å². The minimum Gasteiger partial charge on any atom is -0.307 e. The molecule has 1 aliphatic heterocycles. The molecule has 0 fully saturated rings. The zero-order chi connectivity index (χ0) is 10.3. The molecule has 14 heavy (non-hydrogen) atoms. The van der Waals surface area contributed by atoms with Crippen molar-refractivity contribution in [2.75, 3.05) is 0 Å². The van der Waals surface area contributed by atoms with Gasteiger partial charge in [0.2, 0.25) is 0 Å². The fourth-order valence-corrected chi connectivity index (χ4v) is 2.19. The summed E-state index contributed by atoms with van der Waals surface area (Å²) < 4.78 is 26.4. The van der Waals surface area contributed by atoms with Crippen molar-refractivity contribution < 1.29 is 8.78 Å². The van der Waals surface area contributed by atoms with E-state index in [1.165, 1.54) is 6.07 Å². The van der Waals surface area contributed by atoms with Gasteiger partial charge in [-0.05, 0) is 31.9 Å². The van der Waals surface area contributed by atoms with Gasteiger partial charge in [0.05, 0.1) is 0 Å². The summed E-state index contributed by atoms with van der Waals surface area (Å²) in [7, 11) is 0. The van der Waals surface area contributed by atoms with E-state index in [9.17, 15) is 8.78 Å². The molecule has 0 amide bonds. The molecule has 0 aliphatic carbocycles. The van der Waals surface area contributed by atoms with Gasteiger partial charge in [0.25, 0.3) is 0 Å². The average molecular weight is 197 g/mol. The Labute approximate surface area is 82.1 Å². The number of fused-ring (bicyclic) bond motifs is 1. The first-order chi connectivity index (χ1) is 6.58. The minimum absolute atomic E-state index is 0.0330. The Hall–Kier alpha value is -0.960. The molecule has 1 heterocycles. The summed E-state index contributed by atoms with van der Waals surface area (Å²) in [4.78, 5) is 0.